The number of hydrogen-bond acceptors (Lipinski definition) is 3. The molecule has 1 heterocycles. The monoisotopic (exact) mass is 326 g/mol. The second kappa shape index (κ2) is 5.89. The van der Waals surface area contributed by atoms with Gasteiger partial charge >= 0.3 is 0 Å². The topological polar surface area (TPSA) is 66.0 Å². The lowest BCUT2D eigenvalue weighted by atomic mass is 10.0. The Kier molecular flexibility index (Phi) is 3.92. The van der Waals surface area contributed by atoms with Gasteiger partial charge in [0.15, 0.2) is 0 Å². The van der Waals surface area contributed by atoms with E-state index >= 15 is 0 Å². The van der Waals surface area contributed by atoms with Gasteiger partial charge in [0.25, 0.3) is 5.56 Å². The van der Waals surface area contributed by atoms with Crippen LogP contribution >= 0.6 is 11.6 Å². The zero-order valence-corrected chi connectivity index (χ0v) is 13.5. The number of nitrogens with zero attached hydrogens (tertiary/aromatic N) is 1. The standard InChI is InChI=1S/C18H15ClN2O2/c1-10-3-4-11(2)13(7-10)17(22)9-16-18(23)21-15-8-12(19)5-6-14(15)20-16/h3-9,22H,1-2H3,(H,21,23). The van der Waals surface area contributed by atoms with E-state index in [0.29, 0.717) is 21.6 Å². The molecule has 4 nitrogen and oxygen atoms in total. The highest BCUT2D eigenvalue weighted by atomic mass is 35.5. The van der Waals surface area contributed by atoms with Crippen LogP contribution in [0.25, 0.3) is 22.9 Å². The first-order valence-electron chi connectivity index (χ1n) is 7.12. The van der Waals surface area contributed by atoms with Gasteiger partial charge < -0.3 is 10.1 Å². The van der Waals surface area contributed by atoms with Gasteiger partial charge in [-0.25, -0.2) is 4.98 Å². The van der Waals surface area contributed by atoms with Crippen LogP contribution in [-0.4, -0.2) is 15.1 Å². The summed E-state index contributed by atoms with van der Waals surface area (Å²) in [5.74, 6) is 0.0116. The molecule has 3 aromatic rings. The molecule has 0 fully saturated rings. The summed E-state index contributed by atoms with van der Waals surface area (Å²) in [4.78, 5) is 19.2. The van der Waals surface area contributed by atoms with E-state index in [4.69, 9.17) is 11.6 Å². The molecule has 0 bridgehead atoms. The highest BCUT2D eigenvalue weighted by Crippen LogP contribution is 2.20. The predicted octanol–water partition coefficient (Wildman–Crippen LogP) is 4.25. The molecular formula is C18H15ClN2O2. The summed E-state index contributed by atoms with van der Waals surface area (Å²) in [5, 5.41) is 10.9. The second-order valence-corrected chi connectivity index (χ2v) is 5.90. The van der Waals surface area contributed by atoms with Gasteiger partial charge in [0.05, 0.1) is 11.0 Å². The number of hydrogen-bond donors (Lipinski definition) is 2. The maximum atomic E-state index is 12.1. The van der Waals surface area contributed by atoms with Crippen LogP contribution < -0.4 is 5.56 Å². The molecule has 116 valence electrons. The number of aliphatic hydroxyl groups excluding tert-OH is 1. The van der Waals surface area contributed by atoms with E-state index in [0.717, 1.165) is 11.1 Å². The predicted molar refractivity (Wildman–Crippen MR) is 93.8 cm³/mol. The molecule has 3 rings (SSSR count). The zero-order valence-electron chi connectivity index (χ0n) is 12.7. The lowest BCUT2D eigenvalue weighted by Crippen LogP contribution is -2.12. The smallest absolute Gasteiger partial charge is 0.274 e. The van der Waals surface area contributed by atoms with Gasteiger partial charge in [-0.15, -0.1) is 0 Å². The summed E-state index contributed by atoms with van der Waals surface area (Å²) in [6.07, 6.45) is 1.38. The van der Waals surface area contributed by atoms with Gasteiger partial charge in [0, 0.05) is 16.7 Å². The van der Waals surface area contributed by atoms with Crippen molar-refractivity contribution in [2.45, 2.75) is 13.8 Å². The molecule has 0 atom stereocenters. The molecule has 0 spiro atoms. The number of aryl methyl sites for hydroxylation is 2. The summed E-state index contributed by atoms with van der Waals surface area (Å²) >= 11 is 5.91. The number of H-pyrrole nitrogens is 1. The largest absolute Gasteiger partial charge is 0.507 e. The van der Waals surface area contributed by atoms with E-state index in [1.807, 2.05) is 32.0 Å². The maximum absolute atomic E-state index is 12.1. The first-order valence-corrected chi connectivity index (χ1v) is 7.50. The maximum Gasteiger partial charge on any atom is 0.274 e. The highest BCUT2D eigenvalue weighted by Gasteiger charge is 2.08. The van der Waals surface area contributed by atoms with Crippen molar-refractivity contribution in [1.29, 1.82) is 0 Å². The van der Waals surface area contributed by atoms with Crippen molar-refractivity contribution >= 4 is 34.5 Å². The zero-order chi connectivity index (χ0) is 16.6. The van der Waals surface area contributed by atoms with E-state index in [-0.39, 0.29) is 17.0 Å². The van der Waals surface area contributed by atoms with Crippen molar-refractivity contribution in [1.82, 2.24) is 9.97 Å². The van der Waals surface area contributed by atoms with Gasteiger partial charge in [-0.3, -0.25) is 4.79 Å². The molecule has 0 saturated carbocycles. The fraction of sp³-hybridized carbons (Fsp3) is 0.111. The molecule has 2 aromatic carbocycles. The minimum absolute atomic E-state index is 0.0116. The third-order valence-electron chi connectivity index (χ3n) is 3.62. The molecule has 0 aliphatic rings. The molecule has 0 unspecified atom stereocenters. The minimum Gasteiger partial charge on any atom is -0.507 e. The average Bonchev–Trinajstić information content (AvgIpc) is 2.50. The third-order valence-corrected chi connectivity index (χ3v) is 3.86. The molecule has 2 N–H and O–H groups in total. The Morgan fingerprint density at radius 3 is 2.78 bits per heavy atom. The first-order chi connectivity index (χ1) is 10.9. The van der Waals surface area contributed by atoms with Crippen LogP contribution in [0.4, 0.5) is 0 Å². The van der Waals surface area contributed by atoms with Crippen LogP contribution in [0.1, 0.15) is 22.4 Å². The minimum atomic E-state index is -0.378. The number of benzene rings is 2. The number of fused-ring (bicyclic) bond motifs is 1. The summed E-state index contributed by atoms with van der Waals surface area (Å²) in [6.45, 7) is 3.85. The van der Waals surface area contributed by atoms with Crippen LogP contribution in [0.15, 0.2) is 41.2 Å². The Bertz CT molecular complexity index is 990. The number of halogens is 1. The van der Waals surface area contributed by atoms with Crippen LogP contribution in [0.2, 0.25) is 5.02 Å². The molecule has 5 heteroatoms. The third kappa shape index (κ3) is 3.12. The van der Waals surface area contributed by atoms with E-state index in [1.165, 1.54) is 6.08 Å². The van der Waals surface area contributed by atoms with Crippen LogP contribution in [0.5, 0.6) is 0 Å². The molecule has 1 aromatic heterocycles. The Labute approximate surface area is 138 Å². The number of aliphatic hydroxyl groups is 1. The van der Waals surface area contributed by atoms with Gasteiger partial charge in [0.1, 0.15) is 11.5 Å². The summed E-state index contributed by atoms with van der Waals surface area (Å²) < 4.78 is 0. The number of rotatable bonds is 2. The quantitative estimate of drug-likeness (QED) is 0.692. The highest BCUT2D eigenvalue weighted by molar-refractivity contribution is 6.31. The fourth-order valence-electron chi connectivity index (χ4n) is 2.39. The van der Waals surface area contributed by atoms with E-state index < -0.39 is 0 Å². The number of aromatic nitrogens is 2. The van der Waals surface area contributed by atoms with Crippen LogP contribution in [0.3, 0.4) is 0 Å². The van der Waals surface area contributed by atoms with Crippen molar-refractivity contribution in [3.63, 3.8) is 0 Å². The fourth-order valence-corrected chi connectivity index (χ4v) is 2.56. The summed E-state index contributed by atoms with van der Waals surface area (Å²) in [6, 6.07) is 10.8. The molecule has 0 amide bonds. The number of nitrogens with one attached hydrogen (secondary N) is 1. The average molecular weight is 327 g/mol. The van der Waals surface area contributed by atoms with Crippen molar-refractivity contribution in [2.75, 3.05) is 0 Å². The first kappa shape index (κ1) is 15.3. The van der Waals surface area contributed by atoms with Gasteiger partial charge in [0.2, 0.25) is 0 Å². The second-order valence-electron chi connectivity index (χ2n) is 5.46. The van der Waals surface area contributed by atoms with Crippen molar-refractivity contribution in [3.8, 4) is 0 Å². The van der Waals surface area contributed by atoms with Crippen LogP contribution in [0, 0.1) is 13.8 Å². The van der Waals surface area contributed by atoms with Gasteiger partial charge in [-0.2, -0.15) is 0 Å². The molecule has 0 aliphatic carbocycles. The molecule has 23 heavy (non-hydrogen) atoms. The SMILES string of the molecule is Cc1ccc(C)c(C(O)=Cc2nc3ccc(Cl)cc3[nH]c2=O)c1. The summed E-state index contributed by atoms with van der Waals surface area (Å²) in [5.41, 5.74) is 3.58. The Hall–Kier alpha value is -2.59. The lowest BCUT2D eigenvalue weighted by Gasteiger charge is -2.06. The normalized spacial score (nSPS) is 11.9. The van der Waals surface area contributed by atoms with E-state index in [1.54, 1.807) is 18.2 Å². The van der Waals surface area contributed by atoms with E-state index in [9.17, 15) is 9.90 Å². The van der Waals surface area contributed by atoms with Crippen molar-refractivity contribution in [2.24, 2.45) is 0 Å². The summed E-state index contributed by atoms with van der Waals surface area (Å²) in [7, 11) is 0. The molecule has 0 saturated heterocycles. The Balaban J connectivity index is 2.13. The van der Waals surface area contributed by atoms with Crippen LogP contribution in [-0.2, 0) is 0 Å². The van der Waals surface area contributed by atoms with Gasteiger partial charge in [-0.1, -0.05) is 29.3 Å². The number of aromatic amines is 1. The van der Waals surface area contributed by atoms with E-state index in [2.05, 4.69) is 9.97 Å². The molecular weight excluding hydrogens is 312 g/mol. The van der Waals surface area contributed by atoms with Crippen molar-refractivity contribution in [3.05, 3.63) is 74.2 Å². The van der Waals surface area contributed by atoms with Crippen molar-refractivity contribution < 1.29 is 5.11 Å². The lowest BCUT2D eigenvalue weighted by molar-refractivity contribution is 0.514. The molecule has 0 aliphatic heterocycles. The van der Waals surface area contributed by atoms with Gasteiger partial charge in [-0.05, 0) is 43.7 Å². The Morgan fingerprint density at radius 2 is 2.00 bits per heavy atom. The molecule has 0 radical (unpaired) electrons. The Morgan fingerprint density at radius 1 is 1.22 bits per heavy atom.